The van der Waals surface area contributed by atoms with Crippen molar-refractivity contribution in [2.45, 2.75) is 20.8 Å². The number of Topliss-reactive ketones (excluding diaryl/α,β-unsaturated/α-hetero) is 1. The standard InChI is InChI=1S/C22H19ClN4O3/c1-12-10-13(2)27(26-12)19-9-8-16(23)21(25-19)22(29)30-11-18(28)20-14(3)24-17-7-5-4-6-15(17)20/h4-10,24H,11H2,1-3H3. The van der Waals surface area contributed by atoms with Gasteiger partial charge in [0.05, 0.1) is 10.7 Å². The second-order valence-electron chi connectivity index (χ2n) is 7.01. The Balaban J connectivity index is 1.55. The number of esters is 1. The lowest BCUT2D eigenvalue weighted by molar-refractivity contribution is 0.0469. The van der Waals surface area contributed by atoms with Gasteiger partial charge in [0, 0.05) is 27.9 Å². The molecule has 0 bridgehead atoms. The van der Waals surface area contributed by atoms with E-state index in [0.717, 1.165) is 28.0 Å². The molecule has 3 heterocycles. The summed E-state index contributed by atoms with van der Waals surface area (Å²) in [6, 6.07) is 12.6. The summed E-state index contributed by atoms with van der Waals surface area (Å²) in [6.07, 6.45) is 0. The van der Waals surface area contributed by atoms with Gasteiger partial charge in [-0.3, -0.25) is 4.79 Å². The number of fused-ring (bicyclic) bond motifs is 1. The average molecular weight is 423 g/mol. The highest BCUT2D eigenvalue weighted by Gasteiger charge is 2.21. The number of ether oxygens (including phenoxy) is 1. The number of aromatic nitrogens is 4. The summed E-state index contributed by atoms with van der Waals surface area (Å²) in [5.74, 6) is -0.630. The normalized spacial score (nSPS) is 11.1. The van der Waals surface area contributed by atoms with E-state index in [1.54, 1.807) is 16.8 Å². The van der Waals surface area contributed by atoms with Crippen molar-refractivity contribution in [1.82, 2.24) is 19.7 Å². The van der Waals surface area contributed by atoms with Gasteiger partial charge in [-0.25, -0.2) is 14.5 Å². The van der Waals surface area contributed by atoms with Gasteiger partial charge in [0.15, 0.2) is 18.1 Å². The van der Waals surface area contributed by atoms with Crippen LogP contribution in [0.2, 0.25) is 5.02 Å². The number of halogens is 1. The third kappa shape index (κ3) is 3.59. The quantitative estimate of drug-likeness (QED) is 0.381. The summed E-state index contributed by atoms with van der Waals surface area (Å²) in [4.78, 5) is 32.8. The van der Waals surface area contributed by atoms with Gasteiger partial charge in [-0.05, 0) is 45.0 Å². The minimum Gasteiger partial charge on any atom is -0.453 e. The lowest BCUT2D eigenvalue weighted by Gasteiger charge is -2.08. The van der Waals surface area contributed by atoms with E-state index >= 15 is 0 Å². The molecular weight excluding hydrogens is 404 g/mol. The number of aromatic amines is 1. The van der Waals surface area contributed by atoms with Crippen molar-refractivity contribution < 1.29 is 14.3 Å². The van der Waals surface area contributed by atoms with Crippen molar-refractivity contribution in [3.8, 4) is 5.82 Å². The maximum absolute atomic E-state index is 12.7. The molecule has 0 atom stereocenters. The number of carbonyl (C=O) groups excluding carboxylic acids is 2. The Kier molecular flexibility index (Phi) is 5.13. The molecule has 0 aliphatic rings. The number of hydrogen-bond donors (Lipinski definition) is 1. The van der Waals surface area contributed by atoms with Gasteiger partial charge in [0.2, 0.25) is 5.78 Å². The summed E-state index contributed by atoms with van der Waals surface area (Å²) >= 11 is 6.16. The van der Waals surface area contributed by atoms with Crippen molar-refractivity contribution in [3.63, 3.8) is 0 Å². The first-order chi connectivity index (χ1) is 14.3. The Morgan fingerprint density at radius 1 is 1.13 bits per heavy atom. The number of nitrogens with one attached hydrogen (secondary N) is 1. The fourth-order valence-electron chi connectivity index (χ4n) is 3.46. The molecule has 0 amide bonds. The Labute approximate surface area is 177 Å². The first kappa shape index (κ1) is 19.8. The predicted molar refractivity (Wildman–Crippen MR) is 113 cm³/mol. The molecule has 8 heteroatoms. The van der Waals surface area contributed by atoms with Crippen molar-refractivity contribution in [2.75, 3.05) is 6.61 Å². The van der Waals surface area contributed by atoms with Crippen LogP contribution < -0.4 is 0 Å². The smallest absolute Gasteiger partial charge is 0.359 e. The van der Waals surface area contributed by atoms with Crippen LogP contribution in [0.15, 0.2) is 42.5 Å². The summed E-state index contributed by atoms with van der Waals surface area (Å²) in [6.45, 7) is 5.15. The SMILES string of the molecule is Cc1cc(C)n(-c2ccc(Cl)c(C(=O)OCC(=O)c3c(C)[nH]c4ccccc34)n2)n1. The molecule has 0 unspecified atom stereocenters. The second-order valence-corrected chi connectivity index (χ2v) is 7.42. The summed E-state index contributed by atoms with van der Waals surface area (Å²) in [5.41, 5.74) is 3.71. The van der Waals surface area contributed by atoms with Gasteiger partial charge in [0.1, 0.15) is 0 Å². The third-order valence-corrected chi connectivity index (χ3v) is 5.06. The van der Waals surface area contributed by atoms with Gasteiger partial charge in [-0.15, -0.1) is 0 Å². The number of ketones is 1. The average Bonchev–Trinajstić information content (AvgIpc) is 3.23. The van der Waals surface area contributed by atoms with E-state index in [9.17, 15) is 9.59 Å². The highest BCUT2D eigenvalue weighted by atomic mass is 35.5. The molecule has 0 aliphatic carbocycles. The fraction of sp³-hybridized carbons (Fsp3) is 0.182. The number of nitrogens with zero attached hydrogens (tertiary/aromatic N) is 3. The lowest BCUT2D eigenvalue weighted by Crippen LogP contribution is -2.17. The molecule has 0 spiro atoms. The Morgan fingerprint density at radius 2 is 1.90 bits per heavy atom. The zero-order valence-electron chi connectivity index (χ0n) is 16.7. The Hall–Kier alpha value is -3.45. The summed E-state index contributed by atoms with van der Waals surface area (Å²) < 4.78 is 6.86. The highest BCUT2D eigenvalue weighted by molar-refractivity contribution is 6.33. The Bertz CT molecular complexity index is 1290. The first-order valence-corrected chi connectivity index (χ1v) is 9.70. The van der Waals surface area contributed by atoms with E-state index in [1.807, 2.05) is 51.1 Å². The molecule has 30 heavy (non-hydrogen) atoms. The van der Waals surface area contributed by atoms with Gasteiger partial charge in [-0.2, -0.15) is 5.10 Å². The van der Waals surface area contributed by atoms with Gasteiger partial charge in [0.25, 0.3) is 0 Å². The van der Waals surface area contributed by atoms with Crippen molar-refractivity contribution in [2.24, 2.45) is 0 Å². The first-order valence-electron chi connectivity index (χ1n) is 9.33. The highest BCUT2D eigenvalue weighted by Crippen LogP contribution is 2.23. The third-order valence-electron chi connectivity index (χ3n) is 4.76. The molecule has 1 aromatic carbocycles. The van der Waals surface area contributed by atoms with E-state index in [1.165, 1.54) is 0 Å². The number of aryl methyl sites for hydroxylation is 3. The van der Waals surface area contributed by atoms with E-state index in [2.05, 4.69) is 15.1 Å². The molecule has 0 fully saturated rings. The molecule has 0 saturated carbocycles. The van der Waals surface area contributed by atoms with Crippen LogP contribution >= 0.6 is 11.6 Å². The molecule has 152 valence electrons. The van der Waals surface area contributed by atoms with Crippen LogP contribution in [0.3, 0.4) is 0 Å². The van der Waals surface area contributed by atoms with Crippen molar-refractivity contribution >= 4 is 34.3 Å². The molecule has 4 rings (SSSR count). The maximum atomic E-state index is 12.7. The number of hydrogen-bond acceptors (Lipinski definition) is 5. The summed E-state index contributed by atoms with van der Waals surface area (Å²) in [7, 11) is 0. The van der Waals surface area contributed by atoms with Crippen LogP contribution in [0.5, 0.6) is 0 Å². The summed E-state index contributed by atoms with van der Waals surface area (Å²) in [5, 5.41) is 5.29. The molecule has 1 N–H and O–H groups in total. The van der Waals surface area contributed by atoms with Gasteiger partial charge >= 0.3 is 5.97 Å². The van der Waals surface area contributed by atoms with Crippen LogP contribution in [0.25, 0.3) is 16.7 Å². The Morgan fingerprint density at radius 3 is 2.63 bits per heavy atom. The number of pyridine rings is 1. The van der Waals surface area contributed by atoms with Crippen molar-refractivity contribution in [1.29, 1.82) is 0 Å². The van der Waals surface area contributed by atoms with E-state index in [0.29, 0.717) is 11.4 Å². The second kappa shape index (κ2) is 7.76. The number of carbonyl (C=O) groups is 2. The monoisotopic (exact) mass is 422 g/mol. The van der Waals surface area contributed by atoms with Crippen molar-refractivity contribution in [3.05, 3.63) is 75.8 Å². The molecule has 0 saturated heterocycles. The van der Waals surface area contributed by atoms with Crippen LogP contribution in [0.4, 0.5) is 0 Å². The molecule has 0 aliphatic heterocycles. The number of para-hydroxylation sites is 1. The number of H-pyrrole nitrogens is 1. The van der Waals surface area contributed by atoms with Gasteiger partial charge in [-0.1, -0.05) is 29.8 Å². The molecule has 7 nitrogen and oxygen atoms in total. The van der Waals surface area contributed by atoms with Gasteiger partial charge < -0.3 is 9.72 Å². The van der Waals surface area contributed by atoms with E-state index in [-0.39, 0.29) is 16.5 Å². The predicted octanol–water partition coefficient (Wildman–Crippen LogP) is 4.37. The molecule has 0 radical (unpaired) electrons. The minimum atomic E-state index is -0.769. The maximum Gasteiger partial charge on any atom is 0.359 e. The van der Waals surface area contributed by atoms with Crippen LogP contribution in [0, 0.1) is 20.8 Å². The zero-order chi connectivity index (χ0) is 21.4. The lowest BCUT2D eigenvalue weighted by atomic mass is 10.1. The van der Waals surface area contributed by atoms with Crippen LogP contribution in [0.1, 0.15) is 37.9 Å². The molecule has 3 aromatic heterocycles. The fourth-order valence-corrected chi connectivity index (χ4v) is 3.64. The molecule has 4 aromatic rings. The topological polar surface area (TPSA) is 89.9 Å². The number of benzene rings is 1. The van der Waals surface area contributed by atoms with Crippen LogP contribution in [-0.4, -0.2) is 38.1 Å². The minimum absolute atomic E-state index is 0.0647. The molecular formula is C22H19ClN4O3. The zero-order valence-corrected chi connectivity index (χ0v) is 17.4. The van der Waals surface area contributed by atoms with E-state index in [4.69, 9.17) is 16.3 Å². The van der Waals surface area contributed by atoms with Crippen LogP contribution in [-0.2, 0) is 4.74 Å². The van der Waals surface area contributed by atoms with E-state index < -0.39 is 12.6 Å². The number of rotatable bonds is 5. The largest absolute Gasteiger partial charge is 0.453 e.